The van der Waals surface area contributed by atoms with Crippen LogP contribution in [-0.4, -0.2) is 29.8 Å². The molecule has 1 atom stereocenters. The van der Waals surface area contributed by atoms with Crippen LogP contribution in [0.3, 0.4) is 0 Å². The number of halogens is 2. The third-order valence-electron chi connectivity index (χ3n) is 3.48. The second-order valence-electron chi connectivity index (χ2n) is 5.36. The number of nitrogens with zero attached hydrogens (tertiary/aromatic N) is 2. The van der Waals surface area contributed by atoms with Gasteiger partial charge in [-0.2, -0.15) is 0 Å². The molecule has 3 N–H and O–H groups in total. The van der Waals surface area contributed by atoms with E-state index < -0.39 is 18.0 Å². The van der Waals surface area contributed by atoms with Gasteiger partial charge in [-0.1, -0.05) is 23.2 Å². The third kappa shape index (κ3) is 3.68. The van der Waals surface area contributed by atoms with Crippen LogP contribution in [0.1, 0.15) is 19.8 Å². The van der Waals surface area contributed by atoms with Crippen molar-refractivity contribution in [1.82, 2.24) is 16.2 Å². The highest BCUT2D eigenvalue weighted by Gasteiger charge is 2.30. The lowest BCUT2D eigenvalue weighted by Crippen LogP contribution is -2.63. The summed E-state index contributed by atoms with van der Waals surface area (Å²) in [5.74, 6) is -0.214. The Bertz CT molecular complexity index is 774. The second kappa shape index (κ2) is 6.87. The van der Waals surface area contributed by atoms with Crippen molar-refractivity contribution in [2.24, 2.45) is 5.10 Å². The molecule has 1 saturated heterocycles. The molecule has 9 nitrogen and oxygen atoms in total. The van der Waals surface area contributed by atoms with Gasteiger partial charge in [0.1, 0.15) is 6.04 Å². The van der Waals surface area contributed by atoms with E-state index in [2.05, 4.69) is 21.3 Å². The Morgan fingerprint density at radius 2 is 1.88 bits per heavy atom. The van der Waals surface area contributed by atoms with Crippen molar-refractivity contribution in [3.8, 4) is 5.75 Å². The molecule has 0 radical (unpaired) electrons. The number of nitrogens with one attached hydrogen (secondary N) is 3. The lowest BCUT2D eigenvalue weighted by molar-refractivity contribution is -0.122. The van der Waals surface area contributed by atoms with E-state index in [9.17, 15) is 14.4 Å². The molecule has 2 aliphatic rings. The van der Waals surface area contributed by atoms with Gasteiger partial charge in [0.15, 0.2) is 5.75 Å². The monoisotopic (exact) mass is 385 g/mol. The van der Waals surface area contributed by atoms with Gasteiger partial charge in [0.05, 0.1) is 15.7 Å². The Hall–Kier alpha value is -2.36. The van der Waals surface area contributed by atoms with Crippen LogP contribution >= 0.6 is 23.2 Å². The summed E-state index contributed by atoms with van der Waals surface area (Å²) in [5, 5.41) is 7.40. The molecule has 132 valence electrons. The van der Waals surface area contributed by atoms with Crippen molar-refractivity contribution in [2.75, 3.05) is 5.01 Å². The summed E-state index contributed by atoms with van der Waals surface area (Å²) in [4.78, 5) is 34.5. The fraction of sp³-hybridized carbons (Fsp3) is 0.286. The number of ether oxygens (including phenoxy) is 1. The molecule has 0 aliphatic carbocycles. The molecule has 0 spiro atoms. The lowest BCUT2D eigenvalue weighted by Gasteiger charge is -2.31. The summed E-state index contributed by atoms with van der Waals surface area (Å²) in [6, 6.07) is 1.66. The number of amides is 4. The Kier molecular flexibility index (Phi) is 4.80. The third-order valence-corrected chi connectivity index (χ3v) is 4.04. The van der Waals surface area contributed by atoms with Gasteiger partial charge in [0.25, 0.3) is 0 Å². The van der Waals surface area contributed by atoms with E-state index in [1.165, 1.54) is 12.1 Å². The zero-order valence-corrected chi connectivity index (χ0v) is 14.4. The van der Waals surface area contributed by atoms with E-state index in [4.69, 9.17) is 27.9 Å². The molecule has 4 amide bonds. The maximum atomic E-state index is 12.0. The van der Waals surface area contributed by atoms with Gasteiger partial charge in [-0.15, -0.1) is 5.10 Å². The maximum absolute atomic E-state index is 12.0. The fourth-order valence-corrected chi connectivity index (χ4v) is 2.75. The average Bonchev–Trinajstić information content (AvgIpc) is 2.56. The van der Waals surface area contributed by atoms with Crippen LogP contribution in [0.2, 0.25) is 10.0 Å². The molecule has 2 heterocycles. The first-order valence-electron chi connectivity index (χ1n) is 7.28. The highest BCUT2D eigenvalue weighted by atomic mass is 35.5. The molecule has 11 heteroatoms. The van der Waals surface area contributed by atoms with Crippen LogP contribution < -0.4 is 25.9 Å². The van der Waals surface area contributed by atoms with E-state index in [0.29, 0.717) is 12.1 Å². The van der Waals surface area contributed by atoms with Gasteiger partial charge < -0.3 is 4.74 Å². The van der Waals surface area contributed by atoms with Crippen LogP contribution in [0.4, 0.5) is 10.5 Å². The largest absolute Gasteiger partial charge is 0.438 e. The minimum atomic E-state index is -0.650. The van der Waals surface area contributed by atoms with Crippen molar-refractivity contribution in [2.45, 2.75) is 25.8 Å². The minimum Gasteiger partial charge on any atom is -0.438 e. The molecule has 3 rings (SSSR count). The number of rotatable bonds is 2. The van der Waals surface area contributed by atoms with Crippen LogP contribution in [0, 0.1) is 0 Å². The molecule has 1 aromatic carbocycles. The van der Waals surface area contributed by atoms with Crippen molar-refractivity contribution in [3.63, 3.8) is 0 Å². The average molecular weight is 386 g/mol. The Morgan fingerprint density at radius 3 is 2.48 bits per heavy atom. The number of hydrogen-bond donors (Lipinski definition) is 3. The van der Waals surface area contributed by atoms with E-state index in [-0.39, 0.29) is 34.0 Å². The van der Waals surface area contributed by atoms with Crippen molar-refractivity contribution in [3.05, 3.63) is 22.2 Å². The number of imide groups is 1. The quantitative estimate of drug-likeness (QED) is 0.714. The van der Waals surface area contributed by atoms with Crippen LogP contribution in [0.5, 0.6) is 5.75 Å². The highest BCUT2D eigenvalue weighted by molar-refractivity contribution is 6.38. The smallest absolute Gasteiger partial charge is 0.343 e. The standard InChI is InChI=1S/C14H13Cl2N5O4/c1-6-13(23)17-14(24)21(20-6)7-4-8(15)12(9(16)5-7)25-11-3-2-10(22)18-19-11/h4-6,20H,2-3H2,1H3,(H,18,22)(H,17,23,24). The Labute approximate surface area is 152 Å². The molecule has 1 aromatic rings. The number of carbonyl (C=O) groups is 3. The fourth-order valence-electron chi connectivity index (χ4n) is 2.19. The molecule has 25 heavy (non-hydrogen) atoms. The van der Waals surface area contributed by atoms with Crippen LogP contribution in [-0.2, 0) is 9.59 Å². The van der Waals surface area contributed by atoms with Crippen molar-refractivity contribution in [1.29, 1.82) is 0 Å². The number of anilines is 1. The number of hydrazine groups is 1. The molecule has 1 unspecified atom stereocenters. The minimum absolute atomic E-state index is 0.140. The first-order chi connectivity index (χ1) is 11.8. The van der Waals surface area contributed by atoms with Crippen molar-refractivity contribution < 1.29 is 19.1 Å². The zero-order chi connectivity index (χ0) is 18.1. The number of carbonyl (C=O) groups excluding carboxylic acids is 3. The topological polar surface area (TPSA) is 112 Å². The lowest BCUT2D eigenvalue weighted by atomic mass is 10.2. The summed E-state index contributed by atoms with van der Waals surface area (Å²) < 4.78 is 5.55. The maximum Gasteiger partial charge on any atom is 0.343 e. The summed E-state index contributed by atoms with van der Waals surface area (Å²) in [6.45, 7) is 1.60. The molecule has 0 aromatic heterocycles. The first-order valence-corrected chi connectivity index (χ1v) is 8.04. The normalized spacial score (nSPS) is 20.8. The van der Waals surface area contributed by atoms with E-state index in [1.54, 1.807) is 6.92 Å². The van der Waals surface area contributed by atoms with Gasteiger partial charge in [-0.3, -0.25) is 14.9 Å². The number of hydrogen-bond acceptors (Lipinski definition) is 6. The summed E-state index contributed by atoms with van der Waals surface area (Å²) in [7, 11) is 0. The molecular weight excluding hydrogens is 373 g/mol. The van der Waals surface area contributed by atoms with Gasteiger partial charge in [0.2, 0.25) is 17.7 Å². The first kappa shape index (κ1) is 17.5. The Balaban J connectivity index is 1.84. The van der Waals surface area contributed by atoms with Crippen LogP contribution in [0.25, 0.3) is 0 Å². The second-order valence-corrected chi connectivity index (χ2v) is 6.18. The van der Waals surface area contributed by atoms with Crippen LogP contribution in [0.15, 0.2) is 17.2 Å². The number of benzene rings is 1. The van der Waals surface area contributed by atoms with Gasteiger partial charge >= 0.3 is 6.03 Å². The number of urea groups is 1. The van der Waals surface area contributed by atoms with Gasteiger partial charge in [-0.05, 0) is 19.1 Å². The predicted octanol–water partition coefficient (Wildman–Crippen LogP) is 1.55. The molecular formula is C14H13Cl2N5O4. The van der Waals surface area contributed by atoms with E-state index >= 15 is 0 Å². The zero-order valence-electron chi connectivity index (χ0n) is 12.9. The molecule has 1 fully saturated rings. The van der Waals surface area contributed by atoms with Gasteiger partial charge in [-0.25, -0.2) is 20.7 Å². The predicted molar refractivity (Wildman–Crippen MR) is 90.5 cm³/mol. The number of hydrazone groups is 1. The summed E-state index contributed by atoms with van der Waals surface area (Å²) in [6.07, 6.45) is 0.561. The van der Waals surface area contributed by atoms with E-state index in [1.807, 2.05) is 0 Å². The summed E-state index contributed by atoms with van der Waals surface area (Å²) >= 11 is 12.4. The highest BCUT2D eigenvalue weighted by Crippen LogP contribution is 2.37. The summed E-state index contributed by atoms with van der Waals surface area (Å²) in [5.41, 5.74) is 5.37. The molecule has 0 bridgehead atoms. The molecule has 2 aliphatic heterocycles. The van der Waals surface area contributed by atoms with E-state index in [0.717, 1.165) is 5.01 Å². The molecule has 0 saturated carbocycles. The SMILES string of the molecule is CC1NN(c2cc(Cl)c(OC3=NNC(=O)CC3)c(Cl)c2)C(=O)NC1=O. The Morgan fingerprint density at radius 1 is 1.20 bits per heavy atom. The van der Waals surface area contributed by atoms with Crippen molar-refractivity contribution >= 4 is 52.6 Å². The van der Waals surface area contributed by atoms with Gasteiger partial charge in [0, 0.05) is 12.8 Å².